The normalized spacial score (nSPS) is 14.4. The number of nitrogens with zero attached hydrogens (tertiary/aromatic N) is 2. The van der Waals surface area contributed by atoms with E-state index in [-0.39, 0.29) is 10.6 Å². The van der Waals surface area contributed by atoms with Gasteiger partial charge in [0.1, 0.15) is 18.0 Å². The minimum atomic E-state index is -0.601. The summed E-state index contributed by atoms with van der Waals surface area (Å²) in [5, 5.41) is 12.7. The van der Waals surface area contributed by atoms with E-state index in [4.69, 9.17) is 4.74 Å². The Balaban J connectivity index is 1.41. The highest BCUT2D eigenvalue weighted by atomic mass is 32.2. The van der Waals surface area contributed by atoms with E-state index >= 15 is 0 Å². The van der Waals surface area contributed by atoms with Crippen LogP contribution in [0.5, 0.6) is 11.5 Å². The summed E-state index contributed by atoms with van der Waals surface area (Å²) < 4.78 is 5.79. The second-order valence-electron chi connectivity index (χ2n) is 7.11. The smallest absolute Gasteiger partial charge is 0.294 e. The third kappa shape index (κ3) is 5.48. The molecule has 0 saturated carbocycles. The molecule has 3 aromatic rings. The quantitative estimate of drug-likeness (QED) is 0.288. The van der Waals surface area contributed by atoms with E-state index in [1.807, 2.05) is 30.3 Å². The molecule has 170 valence electrons. The molecule has 3 amide bonds. The van der Waals surface area contributed by atoms with Gasteiger partial charge in [-0.25, -0.2) is 0 Å². The largest absolute Gasteiger partial charge is 0.457 e. The zero-order valence-electron chi connectivity index (χ0n) is 17.5. The molecule has 1 saturated heterocycles. The monoisotopic (exact) mass is 475 g/mol. The Kier molecular flexibility index (Phi) is 6.69. The predicted octanol–water partition coefficient (Wildman–Crippen LogP) is 5.06. The third-order valence-electron chi connectivity index (χ3n) is 4.67. The summed E-state index contributed by atoms with van der Waals surface area (Å²) in [5.41, 5.74) is 0.856. The molecule has 0 aromatic heterocycles. The molecule has 1 aliphatic heterocycles. The Hall–Kier alpha value is -4.44. The minimum absolute atomic E-state index is 0.118. The molecule has 1 fully saturated rings. The number of amides is 3. The van der Waals surface area contributed by atoms with Crippen LogP contribution >= 0.6 is 11.8 Å². The number of hydrogen-bond acceptors (Lipinski definition) is 7. The van der Waals surface area contributed by atoms with Crippen molar-refractivity contribution in [1.29, 1.82) is 0 Å². The van der Waals surface area contributed by atoms with Crippen molar-refractivity contribution >= 4 is 46.3 Å². The number of nitrogens with one attached hydrogen (secondary N) is 1. The van der Waals surface area contributed by atoms with Gasteiger partial charge in [0.25, 0.3) is 16.8 Å². The number of nitro benzene ring substituents is 1. The van der Waals surface area contributed by atoms with Crippen LogP contribution in [-0.2, 0) is 9.59 Å². The fourth-order valence-electron chi connectivity index (χ4n) is 3.09. The van der Waals surface area contributed by atoms with Gasteiger partial charge in [0.2, 0.25) is 5.91 Å². The first kappa shape index (κ1) is 22.7. The SMILES string of the molecule is O=C(CN1C(=O)S/C(=C\c2cccc(Oc3ccccc3)c2)C1=O)Nc1ccc([N+](=O)[O-])cc1. The topological polar surface area (TPSA) is 119 Å². The van der Waals surface area contributed by atoms with E-state index in [1.54, 1.807) is 30.3 Å². The number of ether oxygens (including phenoxy) is 1. The lowest BCUT2D eigenvalue weighted by molar-refractivity contribution is -0.384. The summed E-state index contributed by atoms with van der Waals surface area (Å²) in [4.78, 5) is 48.6. The molecule has 0 atom stereocenters. The molecular formula is C24H17N3O6S. The average Bonchev–Trinajstić information content (AvgIpc) is 3.07. The molecular weight excluding hydrogens is 458 g/mol. The summed E-state index contributed by atoms with van der Waals surface area (Å²) in [7, 11) is 0. The van der Waals surface area contributed by atoms with Crippen LogP contribution in [0.25, 0.3) is 6.08 Å². The number of benzene rings is 3. The van der Waals surface area contributed by atoms with Crippen molar-refractivity contribution in [2.24, 2.45) is 0 Å². The van der Waals surface area contributed by atoms with E-state index in [0.717, 1.165) is 16.7 Å². The van der Waals surface area contributed by atoms with E-state index in [9.17, 15) is 24.5 Å². The Morgan fingerprint density at radius 3 is 2.41 bits per heavy atom. The van der Waals surface area contributed by atoms with Crippen molar-refractivity contribution in [2.45, 2.75) is 0 Å². The van der Waals surface area contributed by atoms with Crippen LogP contribution in [0.4, 0.5) is 16.2 Å². The van der Waals surface area contributed by atoms with Crippen molar-refractivity contribution in [3.8, 4) is 11.5 Å². The van der Waals surface area contributed by atoms with Gasteiger partial charge >= 0.3 is 0 Å². The highest BCUT2D eigenvalue weighted by molar-refractivity contribution is 8.18. The van der Waals surface area contributed by atoms with Crippen molar-refractivity contribution in [1.82, 2.24) is 4.90 Å². The lowest BCUT2D eigenvalue weighted by Crippen LogP contribution is -2.36. The van der Waals surface area contributed by atoms with E-state index < -0.39 is 28.5 Å². The molecule has 1 aliphatic rings. The maximum atomic E-state index is 12.7. The fourth-order valence-corrected chi connectivity index (χ4v) is 3.93. The molecule has 1 heterocycles. The molecule has 1 N–H and O–H groups in total. The molecule has 0 unspecified atom stereocenters. The van der Waals surface area contributed by atoms with Gasteiger partial charge in [-0.2, -0.15) is 0 Å². The van der Waals surface area contributed by atoms with Crippen LogP contribution in [0.3, 0.4) is 0 Å². The van der Waals surface area contributed by atoms with E-state index in [2.05, 4.69) is 5.32 Å². The molecule has 4 rings (SSSR count). The van der Waals surface area contributed by atoms with Gasteiger partial charge in [-0.1, -0.05) is 30.3 Å². The second kappa shape index (κ2) is 10.0. The maximum Gasteiger partial charge on any atom is 0.294 e. The zero-order chi connectivity index (χ0) is 24.1. The van der Waals surface area contributed by atoms with E-state index in [1.165, 1.54) is 24.3 Å². The zero-order valence-corrected chi connectivity index (χ0v) is 18.4. The second-order valence-corrected chi connectivity index (χ2v) is 8.10. The number of rotatable bonds is 7. The van der Waals surface area contributed by atoms with Gasteiger partial charge in [0.15, 0.2) is 0 Å². The Labute approximate surface area is 198 Å². The predicted molar refractivity (Wildman–Crippen MR) is 127 cm³/mol. The first-order valence-corrected chi connectivity index (χ1v) is 10.8. The van der Waals surface area contributed by atoms with Crippen LogP contribution in [0.2, 0.25) is 0 Å². The number of carbonyl (C=O) groups excluding carboxylic acids is 3. The van der Waals surface area contributed by atoms with Crippen LogP contribution in [0.15, 0.2) is 83.8 Å². The van der Waals surface area contributed by atoms with Crippen molar-refractivity contribution in [3.63, 3.8) is 0 Å². The number of thioether (sulfide) groups is 1. The summed E-state index contributed by atoms with van der Waals surface area (Å²) in [6.45, 7) is -0.476. The van der Waals surface area contributed by atoms with Gasteiger partial charge in [-0.05, 0) is 59.8 Å². The molecule has 9 nitrogen and oxygen atoms in total. The van der Waals surface area contributed by atoms with Crippen LogP contribution in [-0.4, -0.2) is 33.4 Å². The first-order chi connectivity index (χ1) is 16.4. The number of anilines is 1. The van der Waals surface area contributed by atoms with Crippen LogP contribution < -0.4 is 10.1 Å². The molecule has 0 aliphatic carbocycles. The lowest BCUT2D eigenvalue weighted by atomic mass is 10.2. The van der Waals surface area contributed by atoms with Gasteiger partial charge in [-0.15, -0.1) is 0 Å². The maximum absolute atomic E-state index is 12.7. The van der Waals surface area contributed by atoms with Crippen molar-refractivity contribution < 1.29 is 24.0 Å². The highest BCUT2D eigenvalue weighted by Crippen LogP contribution is 2.33. The molecule has 34 heavy (non-hydrogen) atoms. The Morgan fingerprint density at radius 1 is 1.00 bits per heavy atom. The number of non-ortho nitro benzene ring substituents is 1. The summed E-state index contributed by atoms with van der Waals surface area (Å²) >= 11 is 0.743. The summed E-state index contributed by atoms with van der Waals surface area (Å²) in [6, 6.07) is 21.5. The Morgan fingerprint density at radius 2 is 1.71 bits per heavy atom. The van der Waals surface area contributed by atoms with Gasteiger partial charge in [-0.3, -0.25) is 29.4 Å². The standard InChI is InChI=1S/C24H17N3O6S/c28-22(25-17-9-11-18(12-10-17)27(31)32)15-26-23(29)21(34-24(26)30)14-16-5-4-8-20(13-16)33-19-6-2-1-3-7-19/h1-14H,15H2,(H,25,28)/b21-14-. The van der Waals surface area contributed by atoms with Crippen molar-refractivity contribution in [3.05, 3.63) is 99.4 Å². The summed E-state index contributed by atoms with van der Waals surface area (Å²) in [5.74, 6) is 0.0551. The number of imide groups is 1. The highest BCUT2D eigenvalue weighted by Gasteiger charge is 2.36. The number of para-hydroxylation sites is 1. The lowest BCUT2D eigenvalue weighted by Gasteiger charge is -2.12. The molecule has 0 spiro atoms. The summed E-state index contributed by atoms with van der Waals surface area (Å²) in [6.07, 6.45) is 1.57. The number of hydrogen-bond donors (Lipinski definition) is 1. The van der Waals surface area contributed by atoms with Gasteiger partial charge < -0.3 is 10.1 Å². The molecule has 3 aromatic carbocycles. The first-order valence-electron chi connectivity index (χ1n) is 10.0. The van der Waals surface area contributed by atoms with Crippen molar-refractivity contribution in [2.75, 3.05) is 11.9 Å². The Bertz CT molecular complexity index is 1290. The number of carbonyl (C=O) groups is 3. The molecule has 10 heteroatoms. The van der Waals surface area contributed by atoms with E-state index in [0.29, 0.717) is 22.7 Å². The average molecular weight is 475 g/mol. The minimum Gasteiger partial charge on any atom is -0.457 e. The molecule has 0 radical (unpaired) electrons. The van der Waals surface area contributed by atoms with Crippen LogP contribution in [0.1, 0.15) is 5.56 Å². The van der Waals surface area contributed by atoms with Gasteiger partial charge in [0.05, 0.1) is 9.83 Å². The van der Waals surface area contributed by atoms with Gasteiger partial charge in [0, 0.05) is 17.8 Å². The fraction of sp³-hybridized carbons (Fsp3) is 0.0417. The molecule has 0 bridgehead atoms. The number of nitro groups is 1. The third-order valence-corrected chi connectivity index (χ3v) is 5.58. The van der Waals surface area contributed by atoms with Crippen LogP contribution in [0, 0.1) is 10.1 Å².